The largest absolute Gasteiger partial charge is 0.270 e. The lowest BCUT2D eigenvalue weighted by Gasteiger charge is -2.09. The van der Waals surface area contributed by atoms with Gasteiger partial charge in [-0.25, -0.2) is 30.3 Å². The van der Waals surface area contributed by atoms with Crippen molar-refractivity contribution in [2.75, 3.05) is 5.75 Å². The Morgan fingerprint density at radius 1 is 1.07 bits per heavy atom. The summed E-state index contributed by atoms with van der Waals surface area (Å²) >= 11 is 0.719. The number of halogens is 2. The molecule has 0 saturated carbocycles. The Morgan fingerprint density at radius 3 is 2.24 bits per heavy atom. The maximum atomic E-state index is 13.9. The highest BCUT2D eigenvalue weighted by Gasteiger charge is 2.36. The molecule has 1 N–H and O–H groups in total. The van der Waals surface area contributed by atoms with E-state index in [-0.39, 0.29) is 16.1 Å². The van der Waals surface area contributed by atoms with Gasteiger partial charge in [-0.2, -0.15) is 0 Å². The molecule has 0 radical (unpaired) electrons. The van der Waals surface area contributed by atoms with Crippen molar-refractivity contribution in [2.24, 2.45) is 0 Å². The molecule has 1 heterocycles. The number of sulfone groups is 1. The molecular formula is C17H14BF2NO5S3. The number of nitrogens with one attached hydrogen (secondary N) is 1. The summed E-state index contributed by atoms with van der Waals surface area (Å²) in [6.07, 6.45) is 1.02. The highest BCUT2D eigenvalue weighted by molar-refractivity contribution is 8.18. The molecule has 1 aliphatic heterocycles. The molecular weight excluding hydrogens is 443 g/mol. The van der Waals surface area contributed by atoms with Gasteiger partial charge in [0.05, 0.1) is 10.1 Å². The quantitative estimate of drug-likeness (QED) is 0.665. The van der Waals surface area contributed by atoms with Gasteiger partial charge in [0.25, 0.3) is 15.9 Å². The number of carbonyl (C=O) groups excluding carboxylic acids is 1. The summed E-state index contributed by atoms with van der Waals surface area (Å²) in [4.78, 5) is 12.2. The maximum absolute atomic E-state index is 13.9. The maximum Gasteiger partial charge on any atom is 0.270 e. The number of sulfonamides is 1. The molecule has 29 heavy (non-hydrogen) atoms. The van der Waals surface area contributed by atoms with Crippen LogP contribution >= 0.6 is 11.8 Å². The Kier molecular flexibility index (Phi) is 5.88. The Morgan fingerprint density at radius 2 is 1.66 bits per heavy atom. The molecule has 1 unspecified atom stereocenters. The predicted octanol–water partition coefficient (Wildman–Crippen LogP) is 0.713. The van der Waals surface area contributed by atoms with Crippen molar-refractivity contribution in [1.82, 2.24) is 4.72 Å². The minimum atomic E-state index is -4.50. The Hall–Kier alpha value is -2.18. The average Bonchev–Trinajstić information content (AvgIpc) is 3.13. The second-order valence-corrected chi connectivity index (χ2v) is 11.4. The number of rotatable bonds is 5. The zero-order chi connectivity index (χ0) is 21.4. The van der Waals surface area contributed by atoms with Crippen LogP contribution in [0.2, 0.25) is 0 Å². The fraction of sp³-hybridized carbons (Fsp3) is 0.118. The minimum Gasteiger partial charge on any atom is -0.268 e. The molecule has 1 amide bonds. The second kappa shape index (κ2) is 7.92. The highest BCUT2D eigenvalue weighted by Crippen LogP contribution is 2.34. The summed E-state index contributed by atoms with van der Waals surface area (Å²) in [6.45, 7) is 0. The SMILES string of the molecule is Bc1cc(F)c(C(=O)NS(=O)(=O)C2=CC(S(=O)(=O)c3ccccc3)CS2)c(F)c1. The van der Waals surface area contributed by atoms with Gasteiger partial charge in [-0.1, -0.05) is 23.7 Å². The molecule has 0 fully saturated rings. The van der Waals surface area contributed by atoms with E-state index in [0.717, 1.165) is 30.0 Å². The van der Waals surface area contributed by atoms with Gasteiger partial charge in [-0.05, 0) is 30.3 Å². The standard InChI is InChI=1S/C17H14BF2NO5S3/c18-10-6-13(19)16(14(20)7-10)17(22)21-29(25,26)15-8-12(9-27-15)28(23,24)11-4-2-1-3-5-11/h1-8,12H,9,18H2,(H,21,22). The van der Waals surface area contributed by atoms with Crippen LogP contribution in [0.1, 0.15) is 10.4 Å². The lowest BCUT2D eigenvalue weighted by atomic mass is 9.94. The molecule has 2 aromatic rings. The molecule has 3 rings (SSSR count). The Balaban J connectivity index is 1.86. The Bertz CT molecular complexity index is 1190. The van der Waals surface area contributed by atoms with Crippen LogP contribution in [0.25, 0.3) is 0 Å². The van der Waals surface area contributed by atoms with E-state index in [1.54, 1.807) is 22.9 Å². The molecule has 0 spiro atoms. The number of thioether (sulfide) groups is 1. The van der Waals surface area contributed by atoms with Crippen LogP contribution in [0.4, 0.5) is 8.78 Å². The first-order chi connectivity index (χ1) is 13.5. The van der Waals surface area contributed by atoms with Crippen molar-refractivity contribution in [3.63, 3.8) is 0 Å². The van der Waals surface area contributed by atoms with E-state index < -0.39 is 52.5 Å². The van der Waals surface area contributed by atoms with E-state index in [1.165, 1.54) is 20.0 Å². The third-order valence-corrected chi connectivity index (χ3v) is 9.41. The van der Waals surface area contributed by atoms with E-state index in [1.807, 2.05) is 0 Å². The van der Waals surface area contributed by atoms with Gasteiger partial charge >= 0.3 is 0 Å². The van der Waals surface area contributed by atoms with Crippen molar-refractivity contribution in [3.8, 4) is 0 Å². The van der Waals surface area contributed by atoms with Gasteiger partial charge < -0.3 is 0 Å². The minimum absolute atomic E-state index is 0.0355. The topological polar surface area (TPSA) is 97.4 Å². The van der Waals surface area contributed by atoms with E-state index in [9.17, 15) is 30.4 Å². The number of hydrogen-bond donors (Lipinski definition) is 1. The molecule has 0 saturated heterocycles. The highest BCUT2D eigenvalue weighted by atomic mass is 32.3. The van der Waals surface area contributed by atoms with E-state index in [0.29, 0.717) is 0 Å². The van der Waals surface area contributed by atoms with Crippen LogP contribution in [0.15, 0.2) is 57.7 Å². The zero-order valence-corrected chi connectivity index (χ0v) is 17.4. The van der Waals surface area contributed by atoms with Crippen molar-refractivity contribution in [3.05, 3.63) is 70.0 Å². The summed E-state index contributed by atoms with van der Waals surface area (Å²) in [7, 11) is -6.91. The van der Waals surface area contributed by atoms with Crippen molar-refractivity contribution in [1.29, 1.82) is 0 Å². The second-order valence-electron chi connectivity index (χ2n) is 6.23. The molecule has 1 aliphatic rings. The zero-order valence-electron chi connectivity index (χ0n) is 14.9. The van der Waals surface area contributed by atoms with Crippen molar-refractivity contribution < 1.29 is 30.4 Å². The number of carbonyl (C=O) groups is 1. The van der Waals surface area contributed by atoms with Crippen LogP contribution in [0.3, 0.4) is 0 Å². The van der Waals surface area contributed by atoms with Gasteiger partial charge in [0.1, 0.15) is 29.3 Å². The number of benzene rings is 2. The molecule has 0 aromatic heterocycles. The summed E-state index contributed by atoms with van der Waals surface area (Å²) in [5.74, 6) is -3.95. The summed E-state index contributed by atoms with van der Waals surface area (Å²) < 4.78 is 79.2. The predicted molar refractivity (Wildman–Crippen MR) is 109 cm³/mol. The number of hydrogen-bond acceptors (Lipinski definition) is 6. The first-order valence-electron chi connectivity index (χ1n) is 8.19. The summed E-state index contributed by atoms with van der Waals surface area (Å²) in [5.41, 5.74) is -0.807. The van der Waals surface area contributed by atoms with Crippen LogP contribution < -0.4 is 10.2 Å². The first-order valence-corrected chi connectivity index (χ1v) is 12.2. The molecule has 152 valence electrons. The van der Waals surface area contributed by atoms with Gasteiger partial charge in [-0.15, -0.1) is 11.8 Å². The Labute approximate surface area is 171 Å². The number of amides is 1. The smallest absolute Gasteiger partial charge is 0.268 e. The van der Waals surface area contributed by atoms with Gasteiger partial charge in [0.15, 0.2) is 9.84 Å². The molecule has 0 aliphatic carbocycles. The third-order valence-electron chi connectivity index (χ3n) is 4.09. The fourth-order valence-electron chi connectivity index (χ4n) is 2.68. The molecule has 0 bridgehead atoms. The van der Waals surface area contributed by atoms with E-state index in [4.69, 9.17) is 0 Å². The molecule has 1 atom stereocenters. The monoisotopic (exact) mass is 457 g/mol. The van der Waals surface area contributed by atoms with Crippen LogP contribution in [-0.4, -0.2) is 41.6 Å². The fourth-order valence-corrected chi connectivity index (χ4v) is 7.40. The van der Waals surface area contributed by atoms with E-state index in [2.05, 4.69) is 0 Å². The summed E-state index contributed by atoms with van der Waals surface area (Å²) in [5, 5.41) is -1.12. The summed E-state index contributed by atoms with van der Waals surface area (Å²) in [6, 6.07) is 9.32. The first kappa shape index (κ1) is 21.5. The lowest BCUT2D eigenvalue weighted by Crippen LogP contribution is -2.32. The third kappa shape index (κ3) is 4.38. The molecule has 12 heteroatoms. The van der Waals surface area contributed by atoms with Gasteiger partial charge in [-0.3, -0.25) is 4.79 Å². The van der Waals surface area contributed by atoms with Crippen LogP contribution in [-0.2, 0) is 19.9 Å². The van der Waals surface area contributed by atoms with Crippen molar-refractivity contribution >= 4 is 50.8 Å². The van der Waals surface area contributed by atoms with E-state index >= 15 is 0 Å². The molecule has 2 aromatic carbocycles. The van der Waals surface area contributed by atoms with Crippen LogP contribution in [0, 0.1) is 11.6 Å². The van der Waals surface area contributed by atoms with Gasteiger partial charge in [0, 0.05) is 5.75 Å². The van der Waals surface area contributed by atoms with Gasteiger partial charge in [0.2, 0.25) is 0 Å². The van der Waals surface area contributed by atoms with Crippen LogP contribution in [0.5, 0.6) is 0 Å². The average molecular weight is 457 g/mol. The van der Waals surface area contributed by atoms with Crippen molar-refractivity contribution in [2.45, 2.75) is 10.1 Å². The normalized spacial score (nSPS) is 17.0. The lowest BCUT2D eigenvalue weighted by molar-refractivity contribution is 0.0973. The molecule has 6 nitrogen and oxygen atoms in total.